The average molecular weight is 200 g/mol. The van der Waals surface area contributed by atoms with Crippen LogP contribution in [0.15, 0.2) is 18.2 Å². The van der Waals surface area contributed by atoms with Crippen LogP contribution in [0, 0.1) is 6.92 Å². The van der Waals surface area contributed by atoms with Gasteiger partial charge in [-0.15, -0.1) is 0 Å². The van der Waals surface area contributed by atoms with Crippen molar-refractivity contribution in [3.63, 3.8) is 0 Å². The van der Waals surface area contributed by atoms with Crippen LogP contribution >= 0.6 is 11.6 Å². The van der Waals surface area contributed by atoms with Crippen molar-refractivity contribution in [3.05, 3.63) is 34.3 Å². The Kier molecular flexibility index (Phi) is 3.72. The highest BCUT2D eigenvalue weighted by Gasteiger charge is 2.13. The van der Waals surface area contributed by atoms with Crippen molar-refractivity contribution in [1.82, 2.24) is 5.32 Å². The highest BCUT2D eigenvalue weighted by Crippen LogP contribution is 2.25. The predicted octanol–water partition coefficient (Wildman–Crippen LogP) is 1.90. The summed E-state index contributed by atoms with van der Waals surface area (Å²) in [7, 11) is 1.81. The fourth-order valence-electron chi connectivity index (χ4n) is 1.41. The van der Waals surface area contributed by atoms with Gasteiger partial charge in [0.1, 0.15) is 0 Å². The molecule has 1 rings (SSSR count). The lowest BCUT2D eigenvalue weighted by Crippen LogP contribution is -2.21. The van der Waals surface area contributed by atoms with Gasteiger partial charge in [-0.2, -0.15) is 0 Å². The number of aryl methyl sites for hydroxylation is 1. The number of likely N-dealkylation sites (N-methyl/N-ethyl adjacent to an activating group) is 1. The molecule has 0 aromatic heterocycles. The lowest BCUT2D eigenvalue weighted by atomic mass is 10.0. The molecule has 0 spiro atoms. The number of halogens is 1. The van der Waals surface area contributed by atoms with Crippen molar-refractivity contribution in [2.45, 2.75) is 13.0 Å². The second kappa shape index (κ2) is 4.61. The van der Waals surface area contributed by atoms with Gasteiger partial charge in [0, 0.05) is 5.02 Å². The summed E-state index contributed by atoms with van der Waals surface area (Å²) in [5.74, 6) is 0. The van der Waals surface area contributed by atoms with Gasteiger partial charge in [0.25, 0.3) is 0 Å². The van der Waals surface area contributed by atoms with Gasteiger partial charge in [-0.1, -0.05) is 23.7 Å². The molecular formula is C10H14ClNO. The minimum absolute atomic E-state index is 0.0566. The van der Waals surface area contributed by atoms with E-state index in [0.717, 1.165) is 11.1 Å². The molecule has 0 aliphatic rings. The summed E-state index contributed by atoms with van der Waals surface area (Å²) in [4.78, 5) is 0. The molecule has 2 nitrogen and oxygen atoms in total. The van der Waals surface area contributed by atoms with Crippen LogP contribution in [0.1, 0.15) is 17.2 Å². The van der Waals surface area contributed by atoms with Crippen molar-refractivity contribution in [3.8, 4) is 0 Å². The molecule has 3 heteroatoms. The van der Waals surface area contributed by atoms with E-state index in [0.29, 0.717) is 5.02 Å². The second-order valence-electron chi connectivity index (χ2n) is 2.99. The molecule has 0 saturated carbocycles. The topological polar surface area (TPSA) is 32.3 Å². The minimum atomic E-state index is -0.0753. The average Bonchev–Trinajstić information content (AvgIpc) is 2.11. The molecular weight excluding hydrogens is 186 g/mol. The number of hydrogen-bond acceptors (Lipinski definition) is 2. The van der Waals surface area contributed by atoms with Gasteiger partial charge in [0.05, 0.1) is 12.6 Å². The van der Waals surface area contributed by atoms with Crippen LogP contribution in [0.25, 0.3) is 0 Å². The molecule has 0 heterocycles. The summed E-state index contributed by atoms with van der Waals surface area (Å²) >= 11 is 6.03. The third kappa shape index (κ3) is 2.21. The van der Waals surface area contributed by atoms with Gasteiger partial charge in [-0.05, 0) is 31.2 Å². The second-order valence-corrected chi connectivity index (χ2v) is 3.40. The largest absolute Gasteiger partial charge is 0.394 e. The first-order chi connectivity index (χ1) is 6.20. The molecule has 0 bridgehead atoms. The molecule has 0 unspecified atom stereocenters. The monoisotopic (exact) mass is 199 g/mol. The van der Waals surface area contributed by atoms with Crippen molar-refractivity contribution >= 4 is 11.6 Å². The summed E-state index contributed by atoms with van der Waals surface area (Å²) in [6.45, 7) is 2.04. The van der Waals surface area contributed by atoms with E-state index in [1.54, 1.807) is 0 Å². The molecule has 1 aromatic rings. The molecule has 13 heavy (non-hydrogen) atoms. The smallest absolute Gasteiger partial charge is 0.0627 e. The standard InChI is InChI=1S/C10H14ClNO/c1-7-4-3-5-8(11)10(7)9(6-13)12-2/h3-5,9,12-13H,6H2,1-2H3/t9-/m0/s1. The Morgan fingerprint density at radius 3 is 2.69 bits per heavy atom. The van der Waals surface area contributed by atoms with Crippen LogP contribution in [0.5, 0.6) is 0 Å². The van der Waals surface area contributed by atoms with Gasteiger partial charge >= 0.3 is 0 Å². The van der Waals surface area contributed by atoms with E-state index >= 15 is 0 Å². The first-order valence-electron chi connectivity index (χ1n) is 4.23. The van der Waals surface area contributed by atoms with Crippen LogP contribution in [0.3, 0.4) is 0 Å². The first-order valence-corrected chi connectivity index (χ1v) is 4.61. The van der Waals surface area contributed by atoms with Crippen LogP contribution in [-0.2, 0) is 0 Å². The van der Waals surface area contributed by atoms with E-state index < -0.39 is 0 Å². The number of nitrogens with one attached hydrogen (secondary N) is 1. The Morgan fingerprint density at radius 2 is 2.23 bits per heavy atom. The quantitative estimate of drug-likeness (QED) is 0.780. The third-order valence-corrected chi connectivity index (χ3v) is 2.48. The summed E-state index contributed by atoms with van der Waals surface area (Å²) in [5, 5.41) is 12.8. The predicted molar refractivity (Wildman–Crippen MR) is 55.1 cm³/mol. The Hall–Kier alpha value is -0.570. The zero-order valence-electron chi connectivity index (χ0n) is 7.84. The Balaban J connectivity index is 3.10. The molecule has 0 aliphatic carbocycles. The summed E-state index contributed by atoms with van der Waals surface area (Å²) in [5.41, 5.74) is 2.08. The molecule has 1 atom stereocenters. The number of hydrogen-bond donors (Lipinski definition) is 2. The van der Waals surface area contributed by atoms with E-state index in [2.05, 4.69) is 5.32 Å². The minimum Gasteiger partial charge on any atom is -0.394 e. The van der Waals surface area contributed by atoms with Gasteiger partial charge < -0.3 is 10.4 Å². The van der Waals surface area contributed by atoms with Crippen LogP contribution in [0.2, 0.25) is 5.02 Å². The SMILES string of the molecule is CN[C@@H](CO)c1c(C)cccc1Cl. The number of rotatable bonds is 3. The van der Waals surface area contributed by atoms with E-state index in [-0.39, 0.29) is 12.6 Å². The highest BCUT2D eigenvalue weighted by molar-refractivity contribution is 6.31. The molecule has 2 N–H and O–H groups in total. The van der Waals surface area contributed by atoms with Crippen LogP contribution < -0.4 is 5.32 Å². The van der Waals surface area contributed by atoms with Crippen molar-refractivity contribution < 1.29 is 5.11 Å². The number of aliphatic hydroxyl groups is 1. The maximum absolute atomic E-state index is 9.11. The Labute approximate surface area is 83.5 Å². The summed E-state index contributed by atoms with van der Waals surface area (Å²) < 4.78 is 0. The van der Waals surface area contributed by atoms with Crippen molar-refractivity contribution in [2.24, 2.45) is 0 Å². The number of benzene rings is 1. The highest BCUT2D eigenvalue weighted by atomic mass is 35.5. The fourth-order valence-corrected chi connectivity index (χ4v) is 1.77. The normalized spacial score (nSPS) is 12.9. The molecule has 72 valence electrons. The van der Waals surface area contributed by atoms with Gasteiger partial charge in [-0.3, -0.25) is 0 Å². The zero-order chi connectivity index (χ0) is 9.84. The lowest BCUT2D eigenvalue weighted by Gasteiger charge is -2.17. The molecule has 0 radical (unpaired) electrons. The van der Waals surface area contributed by atoms with Gasteiger partial charge in [-0.25, -0.2) is 0 Å². The van der Waals surface area contributed by atoms with Crippen LogP contribution in [-0.4, -0.2) is 18.8 Å². The van der Waals surface area contributed by atoms with E-state index in [4.69, 9.17) is 16.7 Å². The van der Waals surface area contributed by atoms with E-state index in [1.165, 1.54) is 0 Å². The molecule has 0 fully saturated rings. The van der Waals surface area contributed by atoms with E-state index in [1.807, 2.05) is 32.2 Å². The fraction of sp³-hybridized carbons (Fsp3) is 0.400. The van der Waals surface area contributed by atoms with Crippen molar-refractivity contribution in [1.29, 1.82) is 0 Å². The van der Waals surface area contributed by atoms with Crippen LogP contribution in [0.4, 0.5) is 0 Å². The summed E-state index contributed by atoms with van der Waals surface area (Å²) in [6.07, 6.45) is 0. The van der Waals surface area contributed by atoms with Crippen molar-refractivity contribution in [2.75, 3.05) is 13.7 Å². The Morgan fingerprint density at radius 1 is 1.54 bits per heavy atom. The van der Waals surface area contributed by atoms with Gasteiger partial charge in [0.15, 0.2) is 0 Å². The van der Waals surface area contributed by atoms with E-state index in [9.17, 15) is 0 Å². The third-order valence-electron chi connectivity index (χ3n) is 2.15. The molecule has 0 aliphatic heterocycles. The Bertz CT molecular complexity index is 264. The molecule has 0 saturated heterocycles. The molecule has 0 amide bonds. The number of aliphatic hydroxyl groups excluding tert-OH is 1. The maximum Gasteiger partial charge on any atom is 0.0627 e. The summed E-state index contributed by atoms with van der Waals surface area (Å²) in [6, 6.07) is 5.66. The van der Waals surface area contributed by atoms with Gasteiger partial charge in [0.2, 0.25) is 0 Å². The maximum atomic E-state index is 9.11. The zero-order valence-corrected chi connectivity index (χ0v) is 8.60. The lowest BCUT2D eigenvalue weighted by molar-refractivity contribution is 0.250. The first kappa shape index (κ1) is 10.5. The molecule has 1 aromatic carbocycles.